The summed E-state index contributed by atoms with van der Waals surface area (Å²) >= 11 is 0. The molecule has 102 valence electrons. The highest BCUT2D eigenvalue weighted by Gasteiger charge is 2.05. The van der Waals surface area contributed by atoms with Crippen LogP contribution < -0.4 is 10.1 Å². The molecule has 0 atom stereocenters. The van der Waals surface area contributed by atoms with Crippen molar-refractivity contribution < 1.29 is 4.74 Å². The van der Waals surface area contributed by atoms with Gasteiger partial charge in [0, 0.05) is 18.3 Å². The van der Waals surface area contributed by atoms with Crippen LogP contribution in [0.3, 0.4) is 0 Å². The molecule has 1 aromatic heterocycles. The van der Waals surface area contributed by atoms with E-state index in [-0.39, 0.29) is 0 Å². The average Bonchev–Trinajstić information content (AvgIpc) is 2.40. The lowest BCUT2D eigenvalue weighted by molar-refractivity contribution is 0.298. The van der Waals surface area contributed by atoms with Gasteiger partial charge in [-0.25, -0.2) is 0 Å². The fourth-order valence-electron chi connectivity index (χ4n) is 1.98. The summed E-state index contributed by atoms with van der Waals surface area (Å²) in [6.07, 6.45) is 3.25. The van der Waals surface area contributed by atoms with Crippen molar-refractivity contribution in [2.24, 2.45) is 0 Å². The first-order valence-corrected chi connectivity index (χ1v) is 7.03. The van der Waals surface area contributed by atoms with Gasteiger partial charge in [-0.3, -0.25) is 4.98 Å². The molecule has 1 N–H and O–H groups in total. The summed E-state index contributed by atoms with van der Waals surface area (Å²) in [5, 5.41) is 3.49. The third kappa shape index (κ3) is 4.65. The first-order valence-electron chi connectivity index (χ1n) is 7.03. The minimum Gasteiger partial charge on any atom is -0.490 e. The lowest BCUT2D eigenvalue weighted by Crippen LogP contribution is -2.31. The zero-order chi connectivity index (χ0) is 13.4. The fourth-order valence-corrected chi connectivity index (χ4v) is 1.98. The molecular formula is C15H26N2O. The van der Waals surface area contributed by atoms with Crippen LogP contribution in [-0.2, 0) is 6.42 Å². The number of nitrogens with zero attached hydrogens (tertiary/aromatic N) is 1. The van der Waals surface area contributed by atoms with Crippen molar-refractivity contribution in [2.75, 3.05) is 13.2 Å². The first kappa shape index (κ1) is 15.0. The van der Waals surface area contributed by atoms with Crippen molar-refractivity contribution in [1.82, 2.24) is 10.3 Å². The summed E-state index contributed by atoms with van der Waals surface area (Å²) in [5.41, 5.74) is 2.10. The standard InChI is InChI=1S/C15H26N2O/c1-5-13(6-2)16-10-11-18-15-9-8-12(4)17-14(15)7-3/h8-9,13,16H,5-7,10-11H2,1-4H3. The molecule has 3 heteroatoms. The van der Waals surface area contributed by atoms with Crippen molar-refractivity contribution in [3.05, 3.63) is 23.5 Å². The van der Waals surface area contributed by atoms with Gasteiger partial charge in [-0.15, -0.1) is 0 Å². The second-order valence-electron chi connectivity index (χ2n) is 4.57. The molecule has 0 unspecified atom stereocenters. The van der Waals surface area contributed by atoms with Crippen LogP contribution in [0.25, 0.3) is 0 Å². The largest absolute Gasteiger partial charge is 0.490 e. The average molecular weight is 250 g/mol. The molecule has 0 bridgehead atoms. The topological polar surface area (TPSA) is 34.1 Å². The van der Waals surface area contributed by atoms with E-state index in [9.17, 15) is 0 Å². The van der Waals surface area contributed by atoms with Crippen LogP contribution in [0.2, 0.25) is 0 Å². The van der Waals surface area contributed by atoms with Gasteiger partial charge in [0.05, 0.1) is 5.69 Å². The maximum Gasteiger partial charge on any atom is 0.140 e. The van der Waals surface area contributed by atoms with Gasteiger partial charge < -0.3 is 10.1 Å². The van der Waals surface area contributed by atoms with Gasteiger partial charge in [0.15, 0.2) is 0 Å². The van der Waals surface area contributed by atoms with Crippen molar-refractivity contribution in [1.29, 1.82) is 0 Å². The number of pyridine rings is 1. The van der Waals surface area contributed by atoms with Crippen LogP contribution in [0, 0.1) is 6.92 Å². The molecule has 0 aromatic carbocycles. The number of hydrogen-bond donors (Lipinski definition) is 1. The third-order valence-corrected chi connectivity index (χ3v) is 3.18. The molecule has 0 aliphatic carbocycles. The van der Waals surface area contributed by atoms with Gasteiger partial charge in [0.25, 0.3) is 0 Å². The Morgan fingerprint density at radius 1 is 1.22 bits per heavy atom. The monoisotopic (exact) mass is 250 g/mol. The number of aryl methyl sites for hydroxylation is 2. The van der Waals surface area contributed by atoms with Crippen LogP contribution in [0.1, 0.15) is 45.0 Å². The minimum absolute atomic E-state index is 0.607. The molecule has 1 rings (SSSR count). The zero-order valence-corrected chi connectivity index (χ0v) is 12.1. The Hall–Kier alpha value is -1.09. The van der Waals surface area contributed by atoms with Gasteiger partial charge in [-0.05, 0) is 38.3 Å². The molecule has 3 nitrogen and oxygen atoms in total. The molecule has 1 heterocycles. The molecule has 0 saturated heterocycles. The van der Waals surface area contributed by atoms with E-state index in [2.05, 4.69) is 31.1 Å². The summed E-state index contributed by atoms with van der Waals surface area (Å²) in [7, 11) is 0. The van der Waals surface area contributed by atoms with E-state index in [0.29, 0.717) is 12.6 Å². The zero-order valence-electron chi connectivity index (χ0n) is 12.1. The summed E-state index contributed by atoms with van der Waals surface area (Å²) in [5.74, 6) is 0.925. The van der Waals surface area contributed by atoms with Crippen LogP contribution in [0.5, 0.6) is 5.75 Å². The summed E-state index contributed by atoms with van der Waals surface area (Å²) in [6, 6.07) is 4.64. The number of ether oxygens (including phenoxy) is 1. The lowest BCUT2D eigenvalue weighted by Gasteiger charge is -2.15. The molecule has 0 spiro atoms. The molecule has 0 saturated carbocycles. The number of nitrogens with one attached hydrogen (secondary N) is 1. The highest BCUT2D eigenvalue weighted by Crippen LogP contribution is 2.17. The predicted molar refractivity (Wildman–Crippen MR) is 76.2 cm³/mol. The van der Waals surface area contributed by atoms with Crippen LogP contribution >= 0.6 is 0 Å². The molecule has 1 aromatic rings. The molecule has 0 radical (unpaired) electrons. The SMILES string of the molecule is CCc1nc(C)ccc1OCCNC(CC)CC. The minimum atomic E-state index is 0.607. The first-order chi connectivity index (χ1) is 8.71. The van der Waals surface area contributed by atoms with E-state index >= 15 is 0 Å². The van der Waals surface area contributed by atoms with E-state index < -0.39 is 0 Å². The second-order valence-corrected chi connectivity index (χ2v) is 4.57. The third-order valence-electron chi connectivity index (χ3n) is 3.18. The Morgan fingerprint density at radius 2 is 1.94 bits per heavy atom. The Morgan fingerprint density at radius 3 is 2.56 bits per heavy atom. The maximum atomic E-state index is 5.80. The van der Waals surface area contributed by atoms with Crippen molar-refractivity contribution >= 4 is 0 Å². The van der Waals surface area contributed by atoms with Gasteiger partial charge in [0.2, 0.25) is 0 Å². The van der Waals surface area contributed by atoms with Crippen LogP contribution in [-0.4, -0.2) is 24.2 Å². The molecule has 0 fully saturated rings. The van der Waals surface area contributed by atoms with Gasteiger partial charge in [-0.2, -0.15) is 0 Å². The van der Waals surface area contributed by atoms with Crippen molar-refractivity contribution in [3.63, 3.8) is 0 Å². The van der Waals surface area contributed by atoms with E-state index in [0.717, 1.165) is 30.1 Å². The van der Waals surface area contributed by atoms with Crippen molar-refractivity contribution in [2.45, 2.75) is 53.0 Å². The van der Waals surface area contributed by atoms with E-state index in [1.54, 1.807) is 0 Å². The number of hydrogen-bond acceptors (Lipinski definition) is 3. The number of rotatable bonds is 8. The summed E-state index contributed by atoms with van der Waals surface area (Å²) < 4.78 is 5.80. The lowest BCUT2D eigenvalue weighted by atomic mass is 10.2. The highest BCUT2D eigenvalue weighted by molar-refractivity contribution is 5.29. The Balaban J connectivity index is 2.39. The molecule has 0 amide bonds. The quantitative estimate of drug-likeness (QED) is 0.720. The van der Waals surface area contributed by atoms with Gasteiger partial charge >= 0.3 is 0 Å². The Kier molecular flexibility index (Phi) is 6.73. The normalized spacial score (nSPS) is 10.9. The Bertz CT molecular complexity index is 348. The smallest absolute Gasteiger partial charge is 0.140 e. The van der Waals surface area contributed by atoms with Crippen LogP contribution in [0.4, 0.5) is 0 Å². The molecule has 18 heavy (non-hydrogen) atoms. The maximum absolute atomic E-state index is 5.80. The predicted octanol–water partition coefficient (Wildman–Crippen LogP) is 3.11. The summed E-state index contributed by atoms with van der Waals surface area (Å²) in [4.78, 5) is 4.49. The molecule has 0 aliphatic rings. The second kappa shape index (κ2) is 8.09. The summed E-state index contributed by atoms with van der Waals surface area (Å²) in [6.45, 7) is 10.1. The van der Waals surface area contributed by atoms with E-state index in [4.69, 9.17) is 4.74 Å². The van der Waals surface area contributed by atoms with E-state index in [1.807, 2.05) is 19.1 Å². The number of aromatic nitrogens is 1. The highest BCUT2D eigenvalue weighted by atomic mass is 16.5. The van der Waals surface area contributed by atoms with Crippen LogP contribution in [0.15, 0.2) is 12.1 Å². The van der Waals surface area contributed by atoms with Crippen molar-refractivity contribution in [3.8, 4) is 5.75 Å². The Labute approximate surface area is 111 Å². The van der Waals surface area contributed by atoms with E-state index in [1.165, 1.54) is 12.8 Å². The molecule has 0 aliphatic heterocycles. The molecular weight excluding hydrogens is 224 g/mol. The fraction of sp³-hybridized carbons (Fsp3) is 0.667. The van der Waals surface area contributed by atoms with Gasteiger partial charge in [-0.1, -0.05) is 20.8 Å². The van der Waals surface area contributed by atoms with Gasteiger partial charge in [0.1, 0.15) is 12.4 Å².